The maximum atomic E-state index is 13.9. The Morgan fingerprint density at radius 2 is 1.95 bits per heavy atom. The summed E-state index contributed by atoms with van der Waals surface area (Å²) in [7, 11) is 0. The first-order valence-electron chi connectivity index (χ1n) is 6.51. The van der Waals surface area contributed by atoms with Crippen molar-refractivity contribution in [3.63, 3.8) is 0 Å². The Kier molecular flexibility index (Phi) is 4.96. The molecular formula is C16H16BrF2NO. The van der Waals surface area contributed by atoms with E-state index in [4.69, 9.17) is 10.5 Å². The second-order valence-electron chi connectivity index (χ2n) is 4.92. The van der Waals surface area contributed by atoms with Crippen LogP contribution in [0.3, 0.4) is 0 Å². The number of ether oxygens (including phenoxy) is 1. The molecule has 2 aromatic carbocycles. The van der Waals surface area contributed by atoms with E-state index in [-0.39, 0.29) is 22.7 Å². The molecule has 0 unspecified atom stereocenters. The number of rotatable bonds is 4. The van der Waals surface area contributed by atoms with Gasteiger partial charge >= 0.3 is 0 Å². The van der Waals surface area contributed by atoms with Crippen LogP contribution in [0.2, 0.25) is 0 Å². The van der Waals surface area contributed by atoms with Crippen molar-refractivity contribution in [2.75, 3.05) is 0 Å². The third kappa shape index (κ3) is 3.60. The molecule has 0 aliphatic carbocycles. The molecule has 112 valence electrons. The summed E-state index contributed by atoms with van der Waals surface area (Å²) in [5, 5.41) is 0. The van der Waals surface area contributed by atoms with Crippen LogP contribution in [0.15, 0.2) is 34.8 Å². The highest BCUT2D eigenvalue weighted by Crippen LogP contribution is 2.26. The molecule has 2 rings (SSSR count). The predicted octanol–water partition coefficient (Wildman–Crippen LogP) is 4.63. The van der Waals surface area contributed by atoms with Gasteiger partial charge in [-0.25, -0.2) is 8.78 Å². The van der Waals surface area contributed by atoms with E-state index in [1.807, 2.05) is 26.0 Å². The largest absolute Gasteiger partial charge is 0.488 e. The van der Waals surface area contributed by atoms with E-state index in [0.717, 1.165) is 11.1 Å². The lowest BCUT2D eigenvalue weighted by atomic mass is 10.1. The molecule has 5 heteroatoms. The second kappa shape index (κ2) is 6.54. The Hall–Kier alpha value is -1.46. The van der Waals surface area contributed by atoms with Gasteiger partial charge in [-0.3, -0.25) is 0 Å². The lowest BCUT2D eigenvalue weighted by Gasteiger charge is -2.13. The summed E-state index contributed by atoms with van der Waals surface area (Å²) >= 11 is 3.04. The Balaban J connectivity index is 2.19. The van der Waals surface area contributed by atoms with Crippen LogP contribution in [0, 0.1) is 18.6 Å². The van der Waals surface area contributed by atoms with Crippen LogP contribution in [-0.4, -0.2) is 0 Å². The van der Waals surface area contributed by atoms with E-state index in [1.165, 1.54) is 12.1 Å². The topological polar surface area (TPSA) is 35.2 Å². The van der Waals surface area contributed by atoms with Gasteiger partial charge in [-0.15, -0.1) is 0 Å². The molecule has 0 spiro atoms. The minimum atomic E-state index is -0.639. The highest BCUT2D eigenvalue weighted by Gasteiger charge is 2.13. The summed E-state index contributed by atoms with van der Waals surface area (Å²) in [6.07, 6.45) is 0. The van der Waals surface area contributed by atoms with Gasteiger partial charge in [0.05, 0.1) is 10.0 Å². The van der Waals surface area contributed by atoms with Crippen molar-refractivity contribution in [3.8, 4) is 5.75 Å². The van der Waals surface area contributed by atoms with Crippen LogP contribution < -0.4 is 10.5 Å². The average molecular weight is 356 g/mol. The summed E-state index contributed by atoms with van der Waals surface area (Å²) < 4.78 is 33.2. The molecule has 0 amide bonds. The number of hydrogen-bond donors (Lipinski definition) is 1. The van der Waals surface area contributed by atoms with Gasteiger partial charge in [0.2, 0.25) is 0 Å². The smallest absolute Gasteiger partial charge is 0.146 e. The van der Waals surface area contributed by atoms with Crippen LogP contribution in [-0.2, 0) is 6.61 Å². The van der Waals surface area contributed by atoms with Crippen molar-refractivity contribution in [2.24, 2.45) is 5.73 Å². The maximum Gasteiger partial charge on any atom is 0.146 e. The maximum absolute atomic E-state index is 13.9. The lowest BCUT2D eigenvalue weighted by Crippen LogP contribution is -2.06. The van der Waals surface area contributed by atoms with E-state index in [1.54, 1.807) is 6.07 Å². The molecule has 0 bridgehead atoms. The van der Waals surface area contributed by atoms with Crippen molar-refractivity contribution >= 4 is 15.9 Å². The first-order chi connectivity index (χ1) is 9.90. The van der Waals surface area contributed by atoms with Crippen LogP contribution >= 0.6 is 15.9 Å². The summed E-state index contributed by atoms with van der Waals surface area (Å²) in [6, 6.07) is 7.99. The van der Waals surface area contributed by atoms with Gasteiger partial charge in [-0.05, 0) is 59.1 Å². The molecule has 0 radical (unpaired) electrons. The van der Waals surface area contributed by atoms with Crippen LogP contribution in [0.25, 0.3) is 0 Å². The van der Waals surface area contributed by atoms with Gasteiger partial charge in [-0.1, -0.05) is 12.1 Å². The quantitative estimate of drug-likeness (QED) is 0.811. The molecule has 0 saturated carbocycles. The molecule has 2 aromatic rings. The Morgan fingerprint density at radius 3 is 2.57 bits per heavy atom. The Morgan fingerprint density at radius 1 is 1.24 bits per heavy atom. The highest BCUT2D eigenvalue weighted by atomic mass is 79.9. The summed E-state index contributed by atoms with van der Waals surface area (Å²) in [5.74, 6) is -0.682. The molecule has 1 atom stereocenters. The van der Waals surface area contributed by atoms with Crippen LogP contribution in [0.1, 0.15) is 29.7 Å². The average Bonchev–Trinajstić information content (AvgIpc) is 2.44. The van der Waals surface area contributed by atoms with E-state index in [0.29, 0.717) is 5.75 Å². The van der Waals surface area contributed by atoms with Gasteiger partial charge in [-0.2, -0.15) is 0 Å². The normalized spacial score (nSPS) is 12.3. The first-order valence-corrected chi connectivity index (χ1v) is 7.30. The third-order valence-corrected chi connectivity index (χ3v) is 3.85. The number of halogens is 3. The van der Waals surface area contributed by atoms with Gasteiger partial charge < -0.3 is 10.5 Å². The fraction of sp³-hybridized carbons (Fsp3) is 0.250. The van der Waals surface area contributed by atoms with Crippen molar-refractivity contribution in [2.45, 2.75) is 26.5 Å². The zero-order chi connectivity index (χ0) is 15.6. The SMILES string of the molecule is Cc1cc([C@H](C)N)ccc1OCc1c(F)ccc(Br)c1F. The van der Waals surface area contributed by atoms with E-state index in [9.17, 15) is 8.78 Å². The van der Waals surface area contributed by atoms with Crippen molar-refractivity contribution in [1.82, 2.24) is 0 Å². The van der Waals surface area contributed by atoms with Crippen molar-refractivity contribution in [3.05, 3.63) is 63.1 Å². The second-order valence-corrected chi connectivity index (χ2v) is 5.78. The van der Waals surface area contributed by atoms with E-state index in [2.05, 4.69) is 15.9 Å². The van der Waals surface area contributed by atoms with Gasteiger partial charge in [0, 0.05) is 6.04 Å². The predicted molar refractivity (Wildman–Crippen MR) is 82.2 cm³/mol. The zero-order valence-electron chi connectivity index (χ0n) is 11.8. The van der Waals surface area contributed by atoms with Crippen LogP contribution in [0.4, 0.5) is 8.78 Å². The molecule has 0 aliphatic heterocycles. The van der Waals surface area contributed by atoms with Crippen LogP contribution in [0.5, 0.6) is 5.75 Å². The Labute approximate surface area is 131 Å². The Bertz CT molecular complexity index is 659. The van der Waals surface area contributed by atoms with E-state index >= 15 is 0 Å². The number of aryl methyl sites for hydroxylation is 1. The van der Waals surface area contributed by atoms with Gasteiger partial charge in [0.1, 0.15) is 24.0 Å². The molecule has 0 fully saturated rings. The number of benzene rings is 2. The molecular weight excluding hydrogens is 340 g/mol. The third-order valence-electron chi connectivity index (χ3n) is 3.24. The fourth-order valence-corrected chi connectivity index (χ4v) is 2.34. The molecule has 2 nitrogen and oxygen atoms in total. The monoisotopic (exact) mass is 355 g/mol. The minimum absolute atomic E-state index is 0.0716. The van der Waals surface area contributed by atoms with Gasteiger partial charge in [0.15, 0.2) is 0 Å². The van der Waals surface area contributed by atoms with Crippen molar-refractivity contribution in [1.29, 1.82) is 0 Å². The first kappa shape index (κ1) is 15.9. The molecule has 2 N–H and O–H groups in total. The molecule has 0 heterocycles. The summed E-state index contributed by atoms with van der Waals surface area (Å²) in [6.45, 7) is 3.59. The minimum Gasteiger partial charge on any atom is -0.488 e. The lowest BCUT2D eigenvalue weighted by molar-refractivity contribution is 0.290. The fourth-order valence-electron chi connectivity index (χ4n) is 1.97. The summed E-state index contributed by atoms with van der Waals surface area (Å²) in [4.78, 5) is 0. The standard InChI is InChI=1S/C16H16BrF2NO/c1-9-7-11(10(2)20)3-6-15(9)21-8-12-14(18)5-4-13(17)16(12)19/h3-7,10H,8,20H2,1-2H3/t10-/m0/s1. The molecule has 0 aliphatic rings. The molecule has 0 aromatic heterocycles. The number of nitrogens with two attached hydrogens (primary N) is 1. The van der Waals surface area contributed by atoms with Gasteiger partial charge in [0.25, 0.3) is 0 Å². The zero-order valence-corrected chi connectivity index (χ0v) is 13.4. The highest BCUT2D eigenvalue weighted by molar-refractivity contribution is 9.10. The number of hydrogen-bond acceptors (Lipinski definition) is 2. The van der Waals surface area contributed by atoms with E-state index < -0.39 is 11.6 Å². The molecule has 21 heavy (non-hydrogen) atoms. The summed E-state index contributed by atoms with van der Waals surface area (Å²) in [5.41, 5.74) is 7.57. The van der Waals surface area contributed by atoms with Crippen molar-refractivity contribution < 1.29 is 13.5 Å². The molecule has 0 saturated heterocycles.